The Morgan fingerprint density at radius 1 is 1.32 bits per heavy atom. The molecule has 1 unspecified atom stereocenters. The second-order valence-electron chi connectivity index (χ2n) is 4.34. The summed E-state index contributed by atoms with van der Waals surface area (Å²) in [7, 11) is -4.08. The summed E-state index contributed by atoms with van der Waals surface area (Å²) in [6.45, 7) is 0.813. The minimum absolute atomic E-state index is 0.234. The van der Waals surface area contributed by atoms with Crippen LogP contribution in [0.2, 0.25) is 0 Å². The lowest BCUT2D eigenvalue weighted by Gasteiger charge is -2.23. The van der Waals surface area contributed by atoms with Gasteiger partial charge in [0.05, 0.1) is 12.3 Å². The van der Waals surface area contributed by atoms with E-state index in [0.29, 0.717) is 19.1 Å². The normalized spacial score (nSPS) is 20.4. The van der Waals surface area contributed by atoms with Crippen molar-refractivity contribution in [1.29, 1.82) is 0 Å². The summed E-state index contributed by atoms with van der Waals surface area (Å²) in [6.07, 6.45) is 1.33. The number of halogens is 2. The summed E-state index contributed by atoms with van der Waals surface area (Å²) in [4.78, 5) is -0.656. The van der Waals surface area contributed by atoms with Gasteiger partial charge in [0.25, 0.3) is 0 Å². The lowest BCUT2D eigenvalue weighted by Crippen LogP contribution is -2.40. The average molecular weight is 292 g/mol. The zero-order valence-electron chi connectivity index (χ0n) is 10.0. The van der Waals surface area contributed by atoms with Crippen LogP contribution in [0.15, 0.2) is 17.0 Å². The Morgan fingerprint density at radius 2 is 2.05 bits per heavy atom. The molecular formula is C11H14F2N2O3S. The fourth-order valence-electron chi connectivity index (χ4n) is 1.87. The second-order valence-corrected chi connectivity index (χ2v) is 6.02. The minimum Gasteiger partial charge on any atom is -0.396 e. The maximum absolute atomic E-state index is 13.5. The Balaban J connectivity index is 2.26. The molecular weight excluding hydrogens is 278 g/mol. The zero-order valence-corrected chi connectivity index (χ0v) is 10.8. The monoisotopic (exact) mass is 292 g/mol. The van der Waals surface area contributed by atoms with Crippen molar-refractivity contribution in [2.75, 3.05) is 18.9 Å². The molecule has 1 atom stereocenters. The van der Waals surface area contributed by atoms with Crippen molar-refractivity contribution in [2.45, 2.75) is 23.8 Å². The van der Waals surface area contributed by atoms with Crippen LogP contribution in [0.25, 0.3) is 0 Å². The van der Waals surface area contributed by atoms with Crippen LogP contribution in [0.1, 0.15) is 12.8 Å². The van der Waals surface area contributed by atoms with Crippen LogP contribution in [0.3, 0.4) is 0 Å². The maximum atomic E-state index is 13.5. The number of benzene rings is 1. The number of nitrogen functional groups attached to an aromatic ring is 1. The van der Waals surface area contributed by atoms with Crippen molar-refractivity contribution in [1.82, 2.24) is 4.72 Å². The highest BCUT2D eigenvalue weighted by Crippen LogP contribution is 2.21. The third-order valence-electron chi connectivity index (χ3n) is 2.82. The molecule has 5 nitrogen and oxygen atoms in total. The minimum atomic E-state index is -4.08. The lowest BCUT2D eigenvalue weighted by molar-refractivity contribution is 0.0774. The molecule has 0 aromatic heterocycles. The topological polar surface area (TPSA) is 81.4 Å². The molecule has 1 heterocycles. The van der Waals surface area contributed by atoms with Crippen LogP contribution in [0.5, 0.6) is 0 Å². The molecule has 0 aliphatic carbocycles. The van der Waals surface area contributed by atoms with Crippen LogP contribution < -0.4 is 10.5 Å². The molecule has 1 aliphatic rings. The summed E-state index contributed by atoms with van der Waals surface area (Å²) in [6, 6.07) is 0.822. The van der Waals surface area contributed by atoms with Crippen molar-refractivity contribution in [3.8, 4) is 0 Å². The molecule has 3 N–H and O–H groups in total. The van der Waals surface area contributed by atoms with E-state index in [1.165, 1.54) is 0 Å². The van der Waals surface area contributed by atoms with Crippen LogP contribution >= 0.6 is 0 Å². The van der Waals surface area contributed by atoms with E-state index >= 15 is 0 Å². The molecule has 1 aliphatic heterocycles. The first-order valence-corrected chi connectivity index (χ1v) is 7.23. The van der Waals surface area contributed by atoms with Gasteiger partial charge in [0.15, 0.2) is 0 Å². The molecule has 0 radical (unpaired) electrons. The van der Waals surface area contributed by atoms with E-state index in [2.05, 4.69) is 4.72 Å². The van der Waals surface area contributed by atoms with E-state index in [1.807, 2.05) is 0 Å². The van der Waals surface area contributed by atoms with Gasteiger partial charge in [0, 0.05) is 18.7 Å². The van der Waals surface area contributed by atoms with Gasteiger partial charge in [-0.1, -0.05) is 0 Å². The fraction of sp³-hybridized carbons (Fsp3) is 0.455. The quantitative estimate of drug-likeness (QED) is 0.815. The molecule has 0 saturated carbocycles. The van der Waals surface area contributed by atoms with Gasteiger partial charge in [-0.05, 0) is 18.9 Å². The van der Waals surface area contributed by atoms with Gasteiger partial charge < -0.3 is 10.5 Å². The first-order chi connectivity index (χ1) is 8.90. The number of ether oxygens (including phenoxy) is 1. The highest BCUT2D eigenvalue weighted by atomic mass is 32.2. The van der Waals surface area contributed by atoms with Gasteiger partial charge in [0.1, 0.15) is 16.5 Å². The predicted molar refractivity (Wildman–Crippen MR) is 64.9 cm³/mol. The van der Waals surface area contributed by atoms with E-state index < -0.39 is 38.3 Å². The number of hydrogen-bond acceptors (Lipinski definition) is 4. The van der Waals surface area contributed by atoms with Crippen molar-refractivity contribution in [3.63, 3.8) is 0 Å². The molecule has 0 spiro atoms. The number of nitrogens with one attached hydrogen (secondary N) is 1. The van der Waals surface area contributed by atoms with E-state index in [4.69, 9.17) is 10.5 Å². The lowest BCUT2D eigenvalue weighted by atomic mass is 10.1. The Bertz CT molecular complexity index is 572. The van der Waals surface area contributed by atoms with Gasteiger partial charge in [-0.25, -0.2) is 21.9 Å². The molecule has 0 amide bonds. The summed E-state index contributed by atoms with van der Waals surface area (Å²) < 4.78 is 58.0. The second kappa shape index (κ2) is 5.40. The van der Waals surface area contributed by atoms with E-state index in [9.17, 15) is 17.2 Å². The number of sulfonamides is 1. The van der Waals surface area contributed by atoms with Crippen molar-refractivity contribution in [3.05, 3.63) is 23.8 Å². The summed E-state index contributed by atoms with van der Waals surface area (Å²) >= 11 is 0. The maximum Gasteiger partial charge on any atom is 0.243 e. The van der Waals surface area contributed by atoms with E-state index in [0.717, 1.165) is 12.5 Å². The zero-order chi connectivity index (χ0) is 14.0. The number of nitrogens with two attached hydrogens (primary N) is 1. The molecule has 1 saturated heterocycles. The standard InChI is InChI=1S/C11H14F2N2O3S/c12-8-4-9(13)11(5-10(8)14)19(16,17)15-7-2-1-3-18-6-7/h4-5,7,15H,1-3,6,14H2. The third kappa shape index (κ3) is 3.20. The predicted octanol–water partition coefficient (Wildman–Crippen LogP) is 1.00. The molecule has 106 valence electrons. The summed E-state index contributed by atoms with van der Waals surface area (Å²) in [5.41, 5.74) is 4.85. The average Bonchev–Trinajstić information content (AvgIpc) is 2.34. The van der Waals surface area contributed by atoms with Crippen LogP contribution in [0, 0.1) is 11.6 Å². The van der Waals surface area contributed by atoms with E-state index in [-0.39, 0.29) is 6.61 Å². The first kappa shape index (κ1) is 14.2. The molecule has 2 rings (SSSR count). The highest BCUT2D eigenvalue weighted by molar-refractivity contribution is 7.89. The first-order valence-electron chi connectivity index (χ1n) is 5.75. The van der Waals surface area contributed by atoms with Crippen LogP contribution in [0.4, 0.5) is 14.5 Å². The molecule has 1 fully saturated rings. The Labute approximate surface area is 109 Å². The molecule has 1 aromatic rings. The molecule has 19 heavy (non-hydrogen) atoms. The number of anilines is 1. The van der Waals surface area contributed by atoms with Crippen molar-refractivity contribution >= 4 is 15.7 Å². The molecule has 1 aromatic carbocycles. The number of rotatable bonds is 3. The van der Waals surface area contributed by atoms with Gasteiger partial charge in [0.2, 0.25) is 10.0 Å². The fourth-order valence-corrected chi connectivity index (χ4v) is 3.22. The van der Waals surface area contributed by atoms with Gasteiger partial charge in [-0.15, -0.1) is 0 Å². The summed E-state index contributed by atoms with van der Waals surface area (Å²) in [5.74, 6) is -2.16. The summed E-state index contributed by atoms with van der Waals surface area (Å²) in [5, 5.41) is 0. The highest BCUT2D eigenvalue weighted by Gasteiger charge is 2.25. The van der Waals surface area contributed by atoms with Crippen LogP contribution in [-0.4, -0.2) is 27.7 Å². The molecule has 0 bridgehead atoms. The largest absolute Gasteiger partial charge is 0.396 e. The Morgan fingerprint density at radius 3 is 2.68 bits per heavy atom. The Hall–Kier alpha value is -1.25. The smallest absolute Gasteiger partial charge is 0.243 e. The van der Waals surface area contributed by atoms with Gasteiger partial charge in [-0.2, -0.15) is 0 Å². The Kier molecular flexibility index (Phi) is 4.02. The van der Waals surface area contributed by atoms with Gasteiger partial charge >= 0.3 is 0 Å². The van der Waals surface area contributed by atoms with Gasteiger partial charge in [-0.3, -0.25) is 0 Å². The molecule has 8 heteroatoms. The van der Waals surface area contributed by atoms with Crippen molar-refractivity contribution in [2.24, 2.45) is 0 Å². The third-order valence-corrected chi connectivity index (χ3v) is 4.36. The van der Waals surface area contributed by atoms with E-state index in [1.54, 1.807) is 0 Å². The van der Waals surface area contributed by atoms with Crippen molar-refractivity contribution < 1.29 is 21.9 Å². The number of hydrogen-bond donors (Lipinski definition) is 2. The van der Waals surface area contributed by atoms with Crippen LogP contribution in [-0.2, 0) is 14.8 Å². The SMILES string of the molecule is Nc1cc(S(=O)(=O)NC2CCCOC2)c(F)cc1F.